The number of carbonyl (C=O) groups is 3. The summed E-state index contributed by atoms with van der Waals surface area (Å²) in [7, 11) is 0. The van der Waals surface area contributed by atoms with Gasteiger partial charge in [0.1, 0.15) is 0 Å². The second kappa shape index (κ2) is 8.20. The number of carbonyl (C=O) groups excluding carboxylic acids is 1. The summed E-state index contributed by atoms with van der Waals surface area (Å²) in [5, 5.41) is 15.6. The quantitative estimate of drug-likeness (QED) is 0.722. The number of amides is 1. The van der Waals surface area contributed by atoms with Crippen molar-refractivity contribution >= 4 is 17.8 Å². The minimum atomic E-state index is -1.26. The summed E-state index contributed by atoms with van der Waals surface area (Å²) in [5.74, 6) is -0.489. The van der Waals surface area contributed by atoms with Crippen LogP contribution in [0.3, 0.4) is 0 Å². The van der Waals surface area contributed by atoms with Gasteiger partial charge in [-0.1, -0.05) is 0 Å². The van der Waals surface area contributed by atoms with Crippen LogP contribution >= 0.6 is 0 Å². The number of fused-ring (bicyclic) bond motifs is 2. The first-order valence-corrected chi connectivity index (χ1v) is 9.65. The molecule has 4 saturated heterocycles. The molecule has 26 heavy (non-hydrogen) atoms. The summed E-state index contributed by atoms with van der Waals surface area (Å²) in [5.41, 5.74) is 0. The van der Waals surface area contributed by atoms with Crippen LogP contribution in [0.15, 0.2) is 12.2 Å². The lowest BCUT2D eigenvalue weighted by atomic mass is 9.68. The van der Waals surface area contributed by atoms with E-state index in [9.17, 15) is 14.4 Å². The topological polar surface area (TPSA) is 98.1 Å². The first-order chi connectivity index (χ1) is 12.5. The lowest BCUT2D eigenvalue weighted by molar-refractivity contribution is -0.150. The maximum Gasteiger partial charge on any atom is 0.328 e. The van der Waals surface area contributed by atoms with Gasteiger partial charge >= 0.3 is 11.9 Å². The van der Waals surface area contributed by atoms with E-state index in [0.717, 1.165) is 37.3 Å². The van der Waals surface area contributed by atoms with Crippen molar-refractivity contribution in [1.82, 2.24) is 9.80 Å². The molecule has 0 aromatic rings. The fraction of sp³-hybridized carbons (Fsp3) is 0.737. The van der Waals surface area contributed by atoms with Gasteiger partial charge in [0, 0.05) is 37.2 Å². The van der Waals surface area contributed by atoms with Crippen molar-refractivity contribution in [1.29, 1.82) is 0 Å². The molecular weight excluding hydrogens is 336 g/mol. The number of carboxylic acids is 2. The smallest absolute Gasteiger partial charge is 0.328 e. The fourth-order valence-electron chi connectivity index (χ4n) is 5.40. The van der Waals surface area contributed by atoms with Crippen molar-refractivity contribution in [2.24, 2.45) is 11.8 Å². The van der Waals surface area contributed by atoms with Crippen LogP contribution in [-0.4, -0.2) is 69.6 Å². The first kappa shape index (κ1) is 18.9. The summed E-state index contributed by atoms with van der Waals surface area (Å²) in [6.45, 7) is 3.71. The Morgan fingerprint density at radius 3 is 2.27 bits per heavy atom. The van der Waals surface area contributed by atoms with Gasteiger partial charge in [-0.05, 0) is 63.5 Å². The molecule has 0 aromatic carbocycles. The van der Waals surface area contributed by atoms with Crippen LogP contribution in [0, 0.1) is 11.8 Å². The van der Waals surface area contributed by atoms with Gasteiger partial charge in [-0.15, -0.1) is 0 Å². The van der Waals surface area contributed by atoms with Gasteiger partial charge in [0.15, 0.2) is 0 Å². The zero-order valence-corrected chi connectivity index (χ0v) is 15.0. The summed E-state index contributed by atoms with van der Waals surface area (Å²) >= 11 is 0. The van der Waals surface area contributed by atoms with E-state index >= 15 is 0 Å². The van der Waals surface area contributed by atoms with E-state index in [1.54, 1.807) is 0 Å². The van der Waals surface area contributed by atoms with Crippen molar-refractivity contribution in [3.05, 3.63) is 12.2 Å². The van der Waals surface area contributed by atoms with E-state index in [0.29, 0.717) is 24.1 Å². The molecular formula is C19H28N2O5. The van der Waals surface area contributed by atoms with Crippen LogP contribution in [-0.2, 0) is 14.4 Å². The van der Waals surface area contributed by atoms with E-state index in [-0.39, 0.29) is 0 Å². The average Bonchev–Trinajstić information content (AvgIpc) is 2.62. The molecule has 2 N–H and O–H groups in total. The van der Waals surface area contributed by atoms with Crippen LogP contribution in [0.25, 0.3) is 0 Å². The van der Waals surface area contributed by atoms with Gasteiger partial charge in [-0.2, -0.15) is 0 Å². The van der Waals surface area contributed by atoms with Crippen molar-refractivity contribution in [3.8, 4) is 0 Å². The average molecular weight is 364 g/mol. The molecule has 4 rings (SSSR count). The maximum absolute atomic E-state index is 12.2. The monoisotopic (exact) mass is 364 g/mol. The second-order valence-corrected chi connectivity index (χ2v) is 7.75. The number of nitrogens with zero attached hydrogens (tertiary/aromatic N) is 2. The zero-order valence-electron chi connectivity index (χ0n) is 15.0. The number of hydrogen-bond acceptors (Lipinski definition) is 4. The van der Waals surface area contributed by atoms with Gasteiger partial charge in [-0.3, -0.25) is 9.69 Å². The Morgan fingerprint density at radius 1 is 0.962 bits per heavy atom. The first-order valence-electron chi connectivity index (χ1n) is 9.65. The summed E-state index contributed by atoms with van der Waals surface area (Å²) in [6, 6.07) is 1.41. The van der Waals surface area contributed by atoms with Crippen molar-refractivity contribution in [3.63, 3.8) is 0 Å². The Hall–Kier alpha value is -1.89. The molecule has 0 spiro atoms. The zero-order chi connectivity index (χ0) is 18.7. The van der Waals surface area contributed by atoms with Gasteiger partial charge in [0.25, 0.3) is 0 Å². The largest absolute Gasteiger partial charge is 0.478 e. The highest BCUT2D eigenvalue weighted by Gasteiger charge is 2.50. The summed E-state index contributed by atoms with van der Waals surface area (Å²) in [4.78, 5) is 36.3. The van der Waals surface area contributed by atoms with E-state index in [1.807, 2.05) is 0 Å². The molecule has 4 aliphatic rings. The van der Waals surface area contributed by atoms with Crippen LogP contribution in [0.5, 0.6) is 0 Å². The SMILES string of the molecule is O=C(O)/C=C/C(=O)O.O=C1CCC[C@@H]2[C@H]3CCCN4CCC[C@@H](CN12)[C@@H]34. The van der Waals surface area contributed by atoms with E-state index in [2.05, 4.69) is 9.80 Å². The van der Waals surface area contributed by atoms with Gasteiger partial charge < -0.3 is 15.1 Å². The molecule has 0 saturated carbocycles. The summed E-state index contributed by atoms with van der Waals surface area (Å²) < 4.78 is 0. The molecule has 4 atom stereocenters. The third-order valence-electron chi connectivity index (χ3n) is 6.25. The molecule has 0 aliphatic carbocycles. The van der Waals surface area contributed by atoms with Crippen LogP contribution in [0.1, 0.15) is 44.9 Å². The molecule has 7 heteroatoms. The Kier molecular flexibility index (Phi) is 5.96. The highest BCUT2D eigenvalue weighted by molar-refractivity contribution is 5.89. The number of rotatable bonds is 2. The molecule has 144 valence electrons. The lowest BCUT2D eigenvalue weighted by Gasteiger charge is -2.58. The van der Waals surface area contributed by atoms with E-state index in [1.165, 1.54) is 45.2 Å². The molecule has 0 aromatic heterocycles. The lowest BCUT2D eigenvalue weighted by Crippen LogP contribution is -2.66. The second-order valence-electron chi connectivity index (χ2n) is 7.75. The normalized spacial score (nSPS) is 33.7. The van der Waals surface area contributed by atoms with Crippen molar-refractivity contribution < 1.29 is 24.6 Å². The number of piperidine rings is 4. The van der Waals surface area contributed by atoms with E-state index in [4.69, 9.17) is 10.2 Å². The van der Waals surface area contributed by atoms with Crippen LogP contribution in [0.4, 0.5) is 0 Å². The Bertz CT molecular complexity index is 572. The molecule has 4 fully saturated rings. The number of carboxylic acid groups (broad SMARTS) is 2. The Labute approximate surface area is 153 Å². The number of hydrogen-bond donors (Lipinski definition) is 2. The van der Waals surface area contributed by atoms with Crippen molar-refractivity contribution in [2.75, 3.05) is 19.6 Å². The number of aliphatic carboxylic acids is 2. The highest BCUT2D eigenvalue weighted by atomic mass is 16.4. The highest BCUT2D eigenvalue weighted by Crippen LogP contribution is 2.44. The van der Waals surface area contributed by atoms with Gasteiger partial charge in [-0.25, -0.2) is 9.59 Å². The maximum atomic E-state index is 12.2. The molecule has 7 nitrogen and oxygen atoms in total. The molecule has 4 aliphatic heterocycles. The van der Waals surface area contributed by atoms with Crippen molar-refractivity contribution in [2.45, 2.75) is 57.0 Å². The Morgan fingerprint density at radius 2 is 1.62 bits per heavy atom. The van der Waals surface area contributed by atoms with Gasteiger partial charge in [0.2, 0.25) is 5.91 Å². The third kappa shape index (κ3) is 4.09. The molecule has 1 amide bonds. The molecule has 4 heterocycles. The van der Waals surface area contributed by atoms with Crippen LogP contribution in [0.2, 0.25) is 0 Å². The Balaban J connectivity index is 0.000000211. The fourth-order valence-corrected chi connectivity index (χ4v) is 5.40. The van der Waals surface area contributed by atoms with Gasteiger partial charge in [0.05, 0.1) is 0 Å². The summed E-state index contributed by atoms with van der Waals surface area (Å²) in [6.07, 6.45) is 9.75. The molecule has 0 bridgehead atoms. The standard InChI is InChI=1S/C15H24N2O.C4H4O4/c18-14-7-1-6-13-12-5-3-9-16-8-2-4-11(15(12)16)10-17(13)14;5-3(6)1-2-4(7)8/h11-13,15H,1-10H2;1-2H,(H,5,6)(H,7,8)/b;2-1+/t11-,12+,13+,15-;/m0./s1. The minimum Gasteiger partial charge on any atom is -0.478 e. The van der Waals surface area contributed by atoms with E-state index < -0.39 is 11.9 Å². The van der Waals surface area contributed by atoms with Crippen LogP contribution < -0.4 is 0 Å². The predicted octanol–water partition coefficient (Wildman–Crippen LogP) is 1.58. The predicted molar refractivity (Wildman–Crippen MR) is 94.6 cm³/mol. The third-order valence-corrected chi connectivity index (χ3v) is 6.25. The molecule has 0 unspecified atom stereocenters. The minimum absolute atomic E-state index is 0.451. The molecule has 0 radical (unpaired) electrons.